The number of pyridine rings is 1. The third-order valence-corrected chi connectivity index (χ3v) is 7.87. The molecule has 12 nitrogen and oxygen atoms in total. The number of carboxylic acid groups (broad SMARTS) is 1. The Morgan fingerprint density at radius 1 is 1.07 bits per heavy atom. The van der Waals surface area contributed by atoms with Crippen molar-refractivity contribution in [3.05, 3.63) is 94.1 Å². The van der Waals surface area contributed by atoms with E-state index in [2.05, 4.69) is 25.5 Å². The molecule has 0 aliphatic carbocycles. The number of hydrogen-bond acceptors (Lipinski definition) is 7. The normalized spacial score (nSPS) is 17.0. The number of halogens is 1. The molecule has 0 spiro atoms. The number of hydrogen-bond donors (Lipinski definition) is 2. The van der Waals surface area contributed by atoms with Crippen molar-refractivity contribution < 1.29 is 14.7 Å². The molecule has 5 heterocycles. The number of anilines is 1. The Labute approximate surface area is 250 Å². The van der Waals surface area contributed by atoms with Gasteiger partial charge in [-0.05, 0) is 43.2 Å². The summed E-state index contributed by atoms with van der Waals surface area (Å²) in [4.78, 5) is 47.3. The van der Waals surface area contributed by atoms with Gasteiger partial charge in [-0.2, -0.15) is 10.2 Å². The van der Waals surface area contributed by atoms with Crippen molar-refractivity contribution in [3.8, 4) is 28.2 Å². The third-order valence-electron chi connectivity index (χ3n) is 7.64. The SMILES string of the molecule is C[C@@H]1CCC[C@H](n2cnc(-c3cc(Cl)ccc3-n3cc(C(=O)O)cn3)cc2=O)c2cc(ccn2)-c2c(cnn2C)NC1=O. The van der Waals surface area contributed by atoms with Crippen LogP contribution in [0.5, 0.6) is 0 Å². The van der Waals surface area contributed by atoms with Gasteiger partial charge in [0.05, 0.1) is 58.8 Å². The van der Waals surface area contributed by atoms with E-state index in [-0.39, 0.29) is 22.9 Å². The van der Waals surface area contributed by atoms with Crippen LogP contribution in [0.4, 0.5) is 5.69 Å². The van der Waals surface area contributed by atoms with Crippen molar-refractivity contribution in [1.29, 1.82) is 0 Å². The maximum Gasteiger partial charge on any atom is 0.338 e. The molecule has 0 unspecified atom stereocenters. The van der Waals surface area contributed by atoms with Gasteiger partial charge in [-0.25, -0.2) is 14.5 Å². The Hall–Kier alpha value is -5.10. The van der Waals surface area contributed by atoms with Crippen LogP contribution in [-0.2, 0) is 11.8 Å². The summed E-state index contributed by atoms with van der Waals surface area (Å²) in [5.41, 5.74) is 3.93. The average Bonchev–Trinajstić information content (AvgIpc) is 3.62. The largest absolute Gasteiger partial charge is 0.478 e. The Morgan fingerprint density at radius 3 is 2.67 bits per heavy atom. The summed E-state index contributed by atoms with van der Waals surface area (Å²) in [5, 5.41) is 21.3. The quantitative estimate of drug-likeness (QED) is 0.305. The highest BCUT2D eigenvalue weighted by Crippen LogP contribution is 2.33. The number of fused-ring (bicyclic) bond motifs is 4. The first kappa shape index (κ1) is 28.0. The van der Waals surface area contributed by atoms with Crippen LogP contribution in [0.25, 0.3) is 28.2 Å². The van der Waals surface area contributed by atoms with E-state index in [0.717, 1.165) is 11.3 Å². The van der Waals surface area contributed by atoms with Crippen LogP contribution in [0, 0.1) is 5.92 Å². The van der Waals surface area contributed by atoms with Crippen molar-refractivity contribution in [2.24, 2.45) is 13.0 Å². The van der Waals surface area contributed by atoms with Crippen LogP contribution >= 0.6 is 11.6 Å². The van der Waals surface area contributed by atoms with Gasteiger partial charge < -0.3 is 10.4 Å². The van der Waals surface area contributed by atoms with Crippen molar-refractivity contribution in [3.63, 3.8) is 0 Å². The predicted octanol–water partition coefficient (Wildman–Crippen LogP) is 4.59. The molecule has 1 amide bonds. The fraction of sp³-hybridized carbons (Fsp3) is 0.233. The number of rotatable bonds is 4. The minimum atomic E-state index is -1.10. The highest BCUT2D eigenvalue weighted by molar-refractivity contribution is 6.31. The van der Waals surface area contributed by atoms with E-state index in [1.807, 2.05) is 19.1 Å². The Bertz CT molecular complexity index is 1930. The number of carbonyl (C=O) groups is 2. The highest BCUT2D eigenvalue weighted by atomic mass is 35.5. The number of aryl methyl sites for hydroxylation is 1. The van der Waals surface area contributed by atoms with Crippen LogP contribution in [0.15, 0.2) is 72.3 Å². The van der Waals surface area contributed by atoms with Crippen LogP contribution in [0.2, 0.25) is 5.02 Å². The first-order chi connectivity index (χ1) is 20.7. The Morgan fingerprint density at radius 2 is 1.91 bits per heavy atom. The van der Waals surface area contributed by atoms with Crippen molar-refractivity contribution in [2.75, 3.05) is 5.32 Å². The first-order valence-corrected chi connectivity index (χ1v) is 14.0. The molecule has 2 atom stereocenters. The van der Waals surface area contributed by atoms with Gasteiger partial charge in [0.25, 0.3) is 5.56 Å². The van der Waals surface area contributed by atoms with Crippen LogP contribution in [-0.4, -0.2) is 51.1 Å². The summed E-state index contributed by atoms with van der Waals surface area (Å²) in [6.45, 7) is 1.88. The number of carbonyl (C=O) groups excluding carboxylic acids is 1. The molecule has 6 rings (SSSR count). The van der Waals surface area contributed by atoms with E-state index in [1.54, 1.807) is 46.9 Å². The fourth-order valence-electron chi connectivity index (χ4n) is 5.35. The minimum Gasteiger partial charge on any atom is -0.478 e. The lowest BCUT2D eigenvalue weighted by Gasteiger charge is -2.22. The van der Waals surface area contributed by atoms with E-state index in [9.17, 15) is 19.5 Å². The molecule has 1 aliphatic rings. The van der Waals surface area contributed by atoms with Gasteiger partial charge in [-0.3, -0.25) is 23.8 Å². The molecule has 5 aromatic rings. The molecule has 43 heavy (non-hydrogen) atoms. The topological polar surface area (TPSA) is 150 Å². The highest BCUT2D eigenvalue weighted by Gasteiger charge is 2.24. The second-order valence-electron chi connectivity index (χ2n) is 10.5. The van der Waals surface area contributed by atoms with Gasteiger partial charge in [0.2, 0.25) is 5.91 Å². The van der Waals surface area contributed by atoms with Crippen LogP contribution in [0.3, 0.4) is 0 Å². The third kappa shape index (κ3) is 5.44. The number of aromatic carboxylic acids is 1. The standard InChI is InChI=1S/C30H27ClN8O4/c1-17-4-3-5-26(23-10-18(8-9-32-23)28-24(36-29(17)41)14-34-37(28)2)38-16-33-22(12-27(38)40)21-11-20(31)6-7-25(21)39-15-19(13-35-39)30(42)43/h6-17,26H,3-5H2,1-2H3,(H,36,41)(H,42,43)/t17-,26+/m1/s1. The molecule has 1 aliphatic heterocycles. The smallest absolute Gasteiger partial charge is 0.338 e. The Kier molecular flexibility index (Phi) is 7.36. The monoisotopic (exact) mass is 598 g/mol. The second-order valence-corrected chi connectivity index (χ2v) is 10.9. The van der Waals surface area contributed by atoms with Gasteiger partial charge >= 0.3 is 5.97 Å². The molecular weight excluding hydrogens is 572 g/mol. The molecule has 218 valence electrons. The summed E-state index contributed by atoms with van der Waals surface area (Å²) in [5.74, 6) is -1.44. The van der Waals surface area contributed by atoms with E-state index < -0.39 is 12.0 Å². The molecule has 4 aromatic heterocycles. The molecule has 0 saturated carbocycles. The van der Waals surface area contributed by atoms with Gasteiger partial charge in [-0.1, -0.05) is 24.9 Å². The zero-order chi connectivity index (χ0) is 30.2. The summed E-state index contributed by atoms with van der Waals surface area (Å²) in [7, 11) is 1.81. The predicted molar refractivity (Wildman–Crippen MR) is 159 cm³/mol. The van der Waals surface area contributed by atoms with E-state index >= 15 is 0 Å². The summed E-state index contributed by atoms with van der Waals surface area (Å²) in [6, 6.07) is 9.74. The van der Waals surface area contributed by atoms with Crippen molar-refractivity contribution in [1.82, 2.24) is 34.1 Å². The lowest BCUT2D eigenvalue weighted by atomic mass is 9.97. The Balaban J connectivity index is 1.43. The van der Waals surface area contributed by atoms with Gasteiger partial charge in [-0.15, -0.1) is 0 Å². The van der Waals surface area contributed by atoms with Crippen molar-refractivity contribution >= 4 is 29.2 Å². The van der Waals surface area contributed by atoms with E-state index in [4.69, 9.17) is 11.6 Å². The maximum atomic E-state index is 13.7. The van der Waals surface area contributed by atoms with Crippen LogP contribution < -0.4 is 10.9 Å². The number of benzene rings is 1. The molecule has 0 radical (unpaired) electrons. The molecule has 2 bridgehead atoms. The zero-order valence-corrected chi connectivity index (χ0v) is 24.1. The maximum absolute atomic E-state index is 13.7. The number of amides is 1. The first-order valence-electron chi connectivity index (χ1n) is 13.6. The second kappa shape index (κ2) is 11.3. The van der Waals surface area contributed by atoms with E-state index in [0.29, 0.717) is 52.6 Å². The average molecular weight is 599 g/mol. The number of nitrogens with one attached hydrogen (secondary N) is 1. The molecule has 0 fully saturated rings. The van der Waals surface area contributed by atoms with Gasteiger partial charge in [0.1, 0.15) is 0 Å². The van der Waals surface area contributed by atoms with Crippen molar-refractivity contribution in [2.45, 2.75) is 32.2 Å². The number of nitrogens with zero attached hydrogens (tertiary/aromatic N) is 7. The summed E-state index contributed by atoms with van der Waals surface area (Å²) < 4.78 is 4.66. The van der Waals surface area contributed by atoms with Gasteiger partial charge in [0, 0.05) is 47.6 Å². The summed E-state index contributed by atoms with van der Waals surface area (Å²) >= 11 is 6.31. The summed E-state index contributed by atoms with van der Waals surface area (Å²) in [6.07, 6.45) is 9.28. The molecule has 0 saturated heterocycles. The van der Waals surface area contributed by atoms with Crippen LogP contribution in [0.1, 0.15) is 48.3 Å². The van der Waals surface area contributed by atoms with E-state index in [1.165, 1.54) is 29.5 Å². The lowest BCUT2D eigenvalue weighted by molar-refractivity contribution is -0.119. The fourth-order valence-corrected chi connectivity index (χ4v) is 5.52. The lowest BCUT2D eigenvalue weighted by Crippen LogP contribution is -2.27. The number of aromatic nitrogens is 7. The molecule has 13 heteroatoms. The molecule has 2 N–H and O–H groups in total. The molecular formula is C30H27ClN8O4. The zero-order valence-electron chi connectivity index (χ0n) is 23.3. The molecule has 1 aromatic carbocycles. The number of carboxylic acids is 1. The van der Waals surface area contributed by atoms with Gasteiger partial charge in [0.15, 0.2) is 0 Å². The minimum absolute atomic E-state index is 0.0200.